The number of ether oxygens (including phenoxy) is 1. The van der Waals surface area contributed by atoms with E-state index in [0.29, 0.717) is 17.3 Å². The van der Waals surface area contributed by atoms with Crippen LogP contribution in [-0.4, -0.2) is 59.2 Å². The number of non-ortho nitro benzene ring substituents is 1. The van der Waals surface area contributed by atoms with Gasteiger partial charge in [0.2, 0.25) is 0 Å². The molecule has 0 amide bonds. The number of hydrogen-bond acceptors (Lipinski definition) is 8. The van der Waals surface area contributed by atoms with Crippen molar-refractivity contribution >= 4 is 23.0 Å². The summed E-state index contributed by atoms with van der Waals surface area (Å²) < 4.78 is 5.33. The van der Waals surface area contributed by atoms with Gasteiger partial charge < -0.3 is 15.4 Å². The lowest BCUT2D eigenvalue weighted by Crippen LogP contribution is -2.39. The number of hydrogen-bond donors (Lipinski definition) is 2. The highest BCUT2D eigenvalue weighted by Crippen LogP contribution is 2.21. The van der Waals surface area contributed by atoms with Crippen LogP contribution >= 0.6 is 0 Å². The number of rotatable bonds is 7. The van der Waals surface area contributed by atoms with Gasteiger partial charge in [-0.1, -0.05) is 6.07 Å². The van der Waals surface area contributed by atoms with Crippen molar-refractivity contribution in [1.82, 2.24) is 14.9 Å². The van der Waals surface area contributed by atoms with Gasteiger partial charge in [0.25, 0.3) is 5.69 Å². The van der Waals surface area contributed by atoms with E-state index in [1.807, 2.05) is 0 Å². The Bertz CT molecular complexity index is 721. The highest BCUT2D eigenvalue weighted by atomic mass is 16.6. The van der Waals surface area contributed by atoms with Crippen LogP contribution in [-0.2, 0) is 4.74 Å². The van der Waals surface area contributed by atoms with Crippen molar-refractivity contribution in [2.24, 2.45) is 0 Å². The number of morpholine rings is 1. The third kappa shape index (κ3) is 5.10. The van der Waals surface area contributed by atoms with E-state index in [4.69, 9.17) is 4.74 Å². The molecule has 1 fully saturated rings. The first-order chi connectivity index (χ1) is 12.2. The second-order valence-electron chi connectivity index (χ2n) is 5.60. The fraction of sp³-hybridized carbons (Fsp3) is 0.375. The van der Waals surface area contributed by atoms with E-state index in [-0.39, 0.29) is 5.69 Å². The number of nitrogens with zero attached hydrogens (tertiary/aromatic N) is 4. The predicted octanol–water partition coefficient (Wildman–Crippen LogP) is 1.87. The van der Waals surface area contributed by atoms with Gasteiger partial charge in [-0.25, -0.2) is 9.97 Å². The summed E-state index contributed by atoms with van der Waals surface area (Å²) in [4.78, 5) is 21.1. The van der Waals surface area contributed by atoms with Crippen LogP contribution in [0, 0.1) is 10.1 Å². The van der Waals surface area contributed by atoms with E-state index in [2.05, 4.69) is 25.5 Å². The van der Waals surface area contributed by atoms with Gasteiger partial charge in [-0.3, -0.25) is 15.0 Å². The smallest absolute Gasteiger partial charge is 0.271 e. The molecular weight excluding hydrogens is 324 g/mol. The molecule has 2 heterocycles. The summed E-state index contributed by atoms with van der Waals surface area (Å²) in [6.45, 7) is 5.15. The fourth-order valence-electron chi connectivity index (χ4n) is 2.53. The van der Waals surface area contributed by atoms with Crippen LogP contribution in [0.3, 0.4) is 0 Å². The summed E-state index contributed by atoms with van der Waals surface area (Å²) in [7, 11) is 0. The van der Waals surface area contributed by atoms with Crippen LogP contribution in [0.4, 0.5) is 23.0 Å². The highest BCUT2D eigenvalue weighted by molar-refractivity contribution is 5.61. The van der Waals surface area contributed by atoms with Gasteiger partial charge in [-0.15, -0.1) is 0 Å². The summed E-state index contributed by atoms with van der Waals surface area (Å²) in [5, 5.41) is 17.2. The van der Waals surface area contributed by atoms with Crippen LogP contribution < -0.4 is 10.6 Å². The molecule has 0 radical (unpaired) electrons. The monoisotopic (exact) mass is 344 g/mol. The second kappa shape index (κ2) is 8.36. The number of aromatic nitrogens is 2. The van der Waals surface area contributed by atoms with E-state index in [1.165, 1.54) is 18.5 Å². The molecule has 1 aromatic carbocycles. The first kappa shape index (κ1) is 17.1. The lowest BCUT2D eigenvalue weighted by Gasteiger charge is -2.26. The van der Waals surface area contributed by atoms with Gasteiger partial charge in [0.1, 0.15) is 18.0 Å². The van der Waals surface area contributed by atoms with Crippen molar-refractivity contribution in [2.45, 2.75) is 0 Å². The SMILES string of the molecule is O=[N+]([O-])c1cccc(Nc2cc(NCCN3CCOCC3)ncn2)c1. The molecule has 0 unspecified atom stereocenters. The fourth-order valence-corrected chi connectivity index (χ4v) is 2.53. The molecule has 2 N–H and O–H groups in total. The molecule has 1 saturated heterocycles. The molecule has 1 aromatic heterocycles. The largest absolute Gasteiger partial charge is 0.379 e. The summed E-state index contributed by atoms with van der Waals surface area (Å²) in [6.07, 6.45) is 1.46. The number of anilines is 3. The van der Waals surface area contributed by atoms with Gasteiger partial charge in [-0.2, -0.15) is 0 Å². The van der Waals surface area contributed by atoms with Crippen molar-refractivity contribution in [3.8, 4) is 0 Å². The van der Waals surface area contributed by atoms with Crippen molar-refractivity contribution in [1.29, 1.82) is 0 Å². The molecule has 3 rings (SSSR count). The van der Waals surface area contributed by atoms with Crippen LogP contribution in [0.25, 0.3) is 0 Å². The van der Waals surface area contributed by atoms with Gasteiger partial charge in [0.15, 0.2) is 0 Å². The zero-order chi connectivity index (χ0) is 17.5. The van der Waals surface area contributed by atoms with Crippen molar-refractivity contribution < 1.29 is 9.66 Å². The Balaban J connectivity index is 1.55. The second-order valence-corrected chi connectivity index (χ2v) is 5.60. The first-order valence-electron chi connectivity index (χ1n) is 8.08. The van der Waals surface area contributed by atoms with E-state index in [9.17, 15) is 10.1 Å². The molecule has 9 nitrogen and oxygen atoms in total. The average molecular weight is 344 g/mol. The number of benzene rings is 1. The first-order valence-corrected chi connectivity index (χ1v) is 8.08. The molecular formula is C16H20N6O3. The lowest BCUT2D eigenvalue weighted by atomic mass is 10.3. The molecule has 9 heteroatoms. The van der Waals surface area contributed by atoms with Crippen LogP contribution in [0.5, 0.6) is 0 Å². The van der Waals surface area contributed by atoms with Crippen LogP contribution in [0.1, 0.15) is 0 Å². The maximum atomic E-state index is 10.8. The predicted molar refractivity (Wildman–Crippen MR) is 94.2 cm³/mol. The summed E-state index contributed by atoms with van der Waals surface area (Å²) in [6, 6.07) is 8.07. The van der Waals surface area contributed by atoms with E-state index < -0.39 is 4.92 Å². The molecule has 0 atom stereocenters. The van der Waals surface area contributed by atoms with Gasteiger partial charge >= 0.3 is 0 Å². The molecule has 0 saturated carbocycles. The number of nitro groups is 1. The maximum Gasteiger partial charge on any atom is 0.271 e. The summed E-state index contributed by atoms with van der Waals surface area (Å²) in [5.74, 6) is 1.28. The minimum absolute atomic E-state index is 0.0305. The average Bonchev–Trinajstić information content (AvgIpc) is 2.63. The molecule has 2 aromatic rings. The summed E-state index contributed by atoms with van der Waals surface area (Å²) >= 11 is 0. The topological polar surface area (TPSA) is 105 Å². The third-order valence-electron chi connectivity index (χ3n) is 3.83. The Morgan fingerprint density at radius 2 is 2.00 bits per heavy atom. The van der Waals surface area contributed by atoms with Gasteiger partial charge in [0, 0.05) is 50.1 Å². The number of nitro benzene ring substituents is 1. The van der Waals surface area contributed by atoms with E-state index >= 15 is 0 Å². The zero-order valence-electron chi connectivity index (χ0n) is 13.7. The van der Waals surface area contributed by atoms with Gasteiger partial charge in [-0.05, 0) is 6.07 Å². The van der Waals surface area contributed by atoms with Crippen molar-refractivity contribution in [3.63, 3.8) is 0 Å². The van der Waals surface area contributed by atoms with E-state index in [1.54, 1.807) is 18.2 Å². The summed E-state index contributed by atoms with van der Waals surface area (Å²) in [5.41, 5.74) is 0.634. The van der Waals surface area contributed by atoms with Crippen LogP contribution in [0.15, 0.2) is 36.7 Å². The molecule has 0 aliphatic carbocycles. The zero-order valence-corrected chi connectivity index (χ0v) is 13.7. The molecule has 0 spiro atoms. The minimum Gasteiger partial charge on any atom is -0.379 e. The Morgan fingerprint density at radius 1 is 1.20 bits per heavy atom. The van der Waals surface area contributed by atoms with Gasteiger partial charge in [0.05, 0.1) is 18.1 Å². The van der Waals surface area contributed by atoms with Crippen molar-refractivity contribution in [3.05, 3.63) is 46.8 Å². The third-order valence-corrected chi connectivity index (χ3v) is 3.83. The molecule has 25 heavy (non-hydrogen) atoms. The molecule has 132 valence electrons. The normalized spacial score (nSPS) is 14.9. The molecule has 0 bridgehead atoms. The standard InChI is InChI=1S/C16H20N6O3/c23-22(24)14-3-1-2-13(10-14)20-16-11-15(18-12-19-16)17-4-5-21-6-8-25-9-7-21/h1-3,10-12H,4-9H2,(H2,17,18,19,20). The van der Waals surface area contributed by atoms with Crippen LogP contribution in [0.2, 0.25) is 0 Å². The molecule has 1 aliphatic rings. The molecule has 1 aliphatic heterocycles. The Labute approximate surface area is 145 Å². The Morgan fingerprint density at radius 3 is 2.80 bits per heavy atom. The highest BCUT2D eigenvalue weighted by Gasteiger charge is 2.10. The maximum absolute atomic E-state index is 10.8. The van der Waals surface area contributed by atoms with E-state index in [0.717, 1.165) is 39.4 Å². The number of nitrogens with one attached hydrogen (secondary N) is 2. The van der Waals surface area contributed by atoms with Crippen molar-refractivity contribution in [2.75, 3.05) is 50.0 Å². The Kier molecular flexibility index (Phi) is 5.70. The Hall–Kier alpha value is -2.78. The minimum atomic E-state index is -0.427. The lowest BCUT2D eigenvalue weighted by molar-refractivity contribution is -0.384. The quantitative estimate of drug-likeness (QED) is 0.579.